The minimum absolute atomic E-state index is 0.218. The van der Waals surface area contributed by atoms with Crippen molar-refractivity contribution in [3.63, 3.8) is 0 Å². The second-order valence-corrected chi connectivity index (χ2v) is 6.50. The van der Waals surface area contributed by atoms with Gasteiger partial charge in [0.2, 0.25) is 0 Å². The lowest BCUT2D eigenvalue weighted by molar-refractivity contribution is 0.561. The SMILES string of the molecule is CC(Cc1ccccc1)n1c(-c2ccccc2)nc2c(=S)nc[nH]c21. The number of benzene rings is 2. The van der Waals surface area contributed by atoms with E-state index in [9.17, 15) is 0 Å². The van der Waals surface area contributed by atoms with Gasteiger partial charge in [-0.15, -0.1) is 0 Å². The van der Waals surface area contributed by atoms with Gasteiger partial charge in [-0.05, 0) is 18.9 Å². The summed E-state index contributed by atoms with van der Waals surface area (Å²) in [7, 11) is 0. The van der Waals surface area contributed by atoms with E-state index < -0.39 is 0 Å². The molecule has 0 bridgehead atoms. The third kappa shape index (κ3) is 2.98. The Balaban J connectivity index is 1.89. The van der Waals surface area contributed by atoms with Crippen molar-refractivity contribution in [3.8, 4) is 11.4 Å². The highest BCUT2D eigenvalue weighted by molar-refractivity contribution is 7.71. The minimum Gasteiger partial charge on any atom is -0.330 e. The van der Waals surface area contributed by atoms with E-state index in [2.05, 4.69) is 57.9 Å². The van der Waals surface area contributed by atoms with E-state index in [1.54, 1.807) is 6.33 Å². The fourth-order valence-corrected chi connectivity index (χ4v) is 3.39. The number of H-pyrrole nitrogens is 1. The van der Waals surface area contributed by atoms with Crippen molar-refractivity contribution in [1.82, 2.24) is 19.5 Å². The molecule has 2 heterocycles. The lowest BCUT2D eigenvalue weighted by atomic mass is 10.1. The molecule has 0 aliphatic rings. The number of fused-ring (bicyclic) bond motifs is 1. The molecule has 0 radical (unpaired) electrons. The minimum atomic E-state index is 0.218. The van der Waals surface area contributed by atoms with Crippen LogP contribution in [0.3, 0.4) is 0 Å². The first kappa shape index (κ1) is 15.7. The number of aromatic amines is 1. The van der Waals surface area contributed by atoms with E-state index in [1.807, 2.05) is 24.3 Å². The third-order valence-electron chi connectivity index (χ3n) is 4.34. The van der Waals surface area contributed by atoms with E-state index in [-0.39, 0.29) is 6.04 Å². The molecule has 0 fully saturated rings. The van der Waals surface area contributed by atoms with E-state index in [0.29, 0.717) is 4.64 Å². The van der Waals surface area contributed by atoms with E-state index in [0.717, 1.165) is 29.0 Å². The second-order valence-electron chi connectivity index (χ2n) is 6.12. The van der Waals surface area contributed by atoms with Gasteiger partial charge >= 0.3 is 0 Å². The normalized spacial score (nSPS) is 12.4. The van der Waals surface area contributed by atoms with Crippen molar-refractivity contribution in [2.75, 3.05) is 0 Å². The van der Waals surface area contributed by atoms with Crippen LogP contribution in [0.5, 0.6) is 0 Å². The molecule has 0 saturated heterocycles. The Kier molecular flexibility index (Phi) is 4.15. The molecule has 1 unspecified atom stereocenters. The molecule has 2 aromatic carbocycles. The van der Waals surface area contributed by atoms with Crippen molar-refractivity contribution in [3.05, 3.63) is 77.2 Å². The standard InChI is InChI=1S/C20H18N4S/c1-14(12-15-8-4-2-5-9-15)24-18(16-10-6-3-7-11-16)23-17-19(24)21-13-22-20(17)25/h2-11,13-14H,12H2,1H3,(H,21,22,25). The molecule has 4 aromatic rings. The highest BCUT2D eigenvalue weighted by atomic mass is 32.1. The van der Waals surface area contributed by atoms with Crippen LogP contribution in [0.25, 0.3) is 22.6 Å². The summed E-state index contributed by atoms with van der Waals surface area (Å²) in [6, 6.07) is 20.9. The highest BCUT2D eigenvalue weighted by Crippen LogP contribution is 2.29. The van der Waals surface area contributed by atoms with Gasteiger partial charge in [-0.2, -0.15) is 0 Å². The first-order chi connectivity index (χ1) is 12.2. The van der Waals surface area contributed by atoms with Crippen LogP contribution in [-0.4, -0.2) is 19.5 Å². The molecule has 0 aliphatic heterocycles. The van der Waals surface area contributed by atoms with E-state index in [1.165, 1.54) is 5.56 Å². The summed E-state index contributed by atoms with van der Waals surface area (Å²) >= 11 is 5.39. The van der Waals surface area contributed by atoms with Crippen LogP contribution in [-0.2, 0) is 6.42 Å². The van der Waals surface area contributed by atoms with Crippen molar-refractivity contribution < 1.29 is 0 Å². The Morgan fingerprint density at radius 3 is 2.44 bits per heavy atom. The zero-order valence-corrected chi connectivity index (χ0v) is 14.7. The summed E-state index contributed by atoms with van der Waals surface area (Å²) in [5.41, 5.74) is 4.03. The summed E-state index contributed by atoms with van der Waals surface area (Å²) in [4.78, 5) is 12.2. The zero-order valence-electron chi connectivity index (χ0n) is 13.9. The van der Waals surface area contributed by atoms with Crippen LogP contribution < -0.4 is 0 Å². The van der Waals surface area contributed by atoms with Gasteiger partial charge in [0.1, 0.15) is 17.0 Å². The average Bonchev–Trinajstić information content (AvgIpc) is 3.04. The van der Waals surface area contributed by atoms with Crippen LogP contribution in [0, 0.1) is 4.64 Å². The maximum atomic E-state index is 5.39. The van der Waals surface area contributed by atoms with Gasteiger partial charge in [0.25, 0.3) is 0 Å². The predicted molar refractivity (Wildman–Crippen MR) is 103 cm³/mol. The smallest absolute Gasteiger partial charge is 0.157 e. The molecule has 5 heteroatoms. The Hall–Kier alpha value is -2.79. The molecule has 124 valence electrons. The molecular weight excluding hydrogens is 328 g/mol. The summed E-state index contributed by atoms with van der Waals surface area (Å²) < 4.78 is 2.76. The summed E-state index contributed by atoms with van der Waals surface area (Å²) in [5.74, 6) is 0.911. The topological polar surface area (TPSA) is 46.5 Å². The van der Waals surface area contributed by atoms with Gasteiger partial charge in [0, 0.05) is 11.6 Å². The van der Waals surface area contributed by atoms with Gasteiger partial charge in [0.15, 0.2) is 4.64 Å². The molecular formula is C20H18N4S. The summed E-state index contributed by atoms with van der Waals surface area (Å²) in [6.45, 7) is 2.21. The molecule has 0 aliphatic carbocycles. The lowest BCUT2D eigenvalue weighted by Crippen LogP contribution is -2.10. The molecule has 25 heavy (non-hydrogen) atoms. The quantitative estimate of drug-likeness (QED) is 0.531. The largest absolute Gasteiger partial charge is 0.330 e. The predicted octanol–water partition coefficient (Wildman–Crippen LogP) is 4.96. The molecule has 0 saturated carbocycles. The van der Waals surface area contributed by atoms with Crippen LogP contribution in [0.1, 0.15) is 18.5 Å². The monoisotopic (exact) mass is 346 g/mol. The maximum absolute atomic E-state index is 5.39. The van der Waals surface area contributed by atoms with Gasteiger partial charge in [0.05, 0.1) is 6.33 Å². The van der Waals surface area contributed by atoms with Crippen molar-refractivity contribution in [2.24, 2.45) is 0 Å². The third-order valence-corrected chi connectivity index (χ3v) is 4.64. The zero-order chi connectivity index (χ0) is 17.2. The van der Waals surface area contributed by atoms with Gasteiger partial charge in [-0.1, -0.05) is 72.9 Å². The number of nitrogens with one attached hydrogen (secondary N) is 1. The molecule has 1 N–H and O–H groups in total. The van der Waals surface area contributed by atoms with Crippen molar-refractivity contribution in [1.29, 1.82) is 0 Å². The Morgan fingerprint density at radius 1 is 1.04 bits per heavy atom. The molecule has 0 amide bonds. The number of hydrogen-bond donors (Lipinski definition) is 1. The van der Waals surface area contributed by atoms with Crippen LogP contribution >= 0.6 is 12.2 Å². The Labute approximate surface area is 151 Å². The van der Waals surface area contributed by atoms with E-state index in [4.69, 9.17) is 17.2 Å². The van der Waals surface area contributed by atoms with Gasteiger partial charge < -0.3 is 9.55 Å². The van der Waals surface area contributed by atoms with Crippen LogP contribution in [0.2, 0.25) is 0 Å². The average molecular weight is 346 g/mol. The summed E-state index contributed by atoms with van der Waals surface area (Å²) in [5, 5.41) is 0. The number of aromatic nitrogens is 4. The van der Waals surface area contributed by atoms with Gasteiger partial charge in [-0.3, -0.25) is 0 Å². The number of hydrogen-bond acceptors (Lipinski definition) is 3. The first-order valence-corrected chi connectivity index (χ1v) is 8.70. The number of rotatable bonds is 4. The molecule has 0 spiro atoms. The first-order valence-electron chi connectivity index (χ1n) is 8.29. The molecule has 4 rings (SSSR count). The Morgan fingerprint density at radius 2 is 1.72 bits per heavy atom. The molecule has 1 atom stereocenters. The van der Waals surface area contributed by atoms with Gasteiger partial charge in [-0.25, -0.2) is 9.97 Å². The Bertz CT molecular complexity index is 1050. The highest BCUT2D eigenvalue weighted by Gasteiger charge is 2.19. The fraction of sp³-hybridized carbons (Fsp3) is 0.150. The number of imidazole rings is 1. The number of nitrogens with zero attached hydrogens (tertiary/aromatic N) is 3. The fourth-order valence-electron chi connectivity index (χ4n) is 3.20. The van der Waals surface area contributed by atoms with Crippen LogP contribution in [0.4, 0.5) is 0 Å². The maximum Gasteiger partial charge on any atom is 0.157 e. The molecule has 2 aromatic heterocycles. The summed E-state index contributed by atoms with van der Waals surface area (Å²) in [6.07, 6.45) is 2.56. The van der Waals surface area contributed by atoms with Crippen molar-refractivity contribution >= 4 is 23.4 Å². The lowest BCUT2D eigenvalue weighted by Gasteiger charge is -2.17. The van der Waals surface area contributed by atoms with Crippen LogP contribution in [0.15, 0.2) is 67.0 Å². The second kappa shape index (κ2) is 6.61. The van der Waals surface area contributed by atoms with Crippen molar-refractivity contribution in [2.45, 2.75) is 19.4 Å². The molecule has 4 nitrogen and oxygen atoms in total. The van der Waals surface area contributed by atoms with E-state index >= 15 is 0 Å².